The summed E-state index contributed by atoms with van der Waals surface area (Å²) in [4.78, 5) is 16.4. The molecule has 0 saturated carbocycles. The lowest BCUT2D eigenvalue weighted by Gasteiger charge is -2.21. The molecule has 1 atom stereocenters. The van der Waals surface area contributed by atoms with Crippen LogP contribution in [0.5, 0.6) is 0 Å². The number of benzene rings is 1. The molecule has 124 valence electrons. The highest BCUT2D eigenvalue weighted by Gasteiger charge is 2.25. The molecule has 0 fully saturated rings. The molecule has 2 rings (SSSR count). The molecule has 2 aromatic rings. The molecule has 0 spiro atoms. The zero-order chi connectivity index (χ0) is 17.4. The summed E-state index contributed by atoms with van der Waals surface area (Å²) in [7, 11) is 0. The molecular formula is C18H22BrNO3. The van der Waals surface area contributed by atoms with Crippen molar-refractivity contribution in [2.24, 2.45) is 5.41 Å². The Morgan fingerprint density at radius 2 is 2.00 bits per heavy atom. The van der Waals surface area contributed by atoms with E-state index in [1.807, 2.05) is 32.0 Å². The van der Waals surface area contributed by atoms with Crippen molar-refractivity contribution in [1.82, 2.24) is 4.98 Å². The SMILES string of the molecule is Cc1ccc2c(Br)c([C@@H](O)COC(=O)C(C)(C)C)c(C)cc2n1. The summed E-state index contributed by atoms with van der Waals surface area (Å²) in [6, 6.07) is 5.84. The summed E-state index contributed by atoms with van der Waals surface area (Å²) in [5.41, 5.74) is 2.86. The molecule has 0 amide bonds. The molecule has 1 aromatic carbocycles. The van der Waals surface area contributed by atoms with Crippen LogP contribution in [0.4, 0.5) is 0 Å². The number of esters is 1. The maximum atomic E-state index is 11.9. The van der Waals surface area contributed by atoms with Gasteiger partial charge in [-0.2, -0.15) is 0 Å². The van der Waals surface area contributed by atoms with Crippen LogP contribution in [0.3, 0.4) is 0 Å². The third-order valence-electron chi connectivity index (χ3n) is 3.63. The summed E-state index contributed by atoms with van der Waals surface area (Å²) in [6.07, 6.45) is -0.888. The number of hydrogen-bond donors (Lipinski definition) is 1. The van der Waals surface area contributed by atoms with E-state index in [1.54, 1.807) is 20.8 Å². The molecular weight excluding hydrogens is 358 g/mol. The number of carbonyl (C=O) groups excluding carboxylic acids is 1. The van der Waals surface area contributed by atoms with Crippen molar-refractivity contribution < 1.29 is 14.6 Å². The number of halogens is 1. The lowest BCUT2D eigenvalue weighted by molar-refractivity contribution is -0.156. The molecule has 0 bridgehead atoms. The quantitative estimate of drug-likeness (QED) is 0.810. The minimum Gasteiger partial charge on any atom is -0.462 e. The Bertz CT molecular complexity index is 750. The largest absolute Gasteiger partial charge is 0.462 e. The van der Waals surface area contributed by atoms with Gasteiger partial charge in [0.15, 0.2) is 0 Å². The molecule has 0 saturated heterocycles. The Kier molecular flexibility index (Phi) is 5.11. The predicted octanol–water partition coefficient (Wildman–Crippen LogP) is 4.24. The minimum absolute atomic E-state index is 0.0691. The first kappa shape index (κ1) is 17.9. The van der Waals surface area contributed by atoms with Gasteiger partial charge in [0.1, 0.15) is 12.7 Å². The van der Waals surface area contributed by atoms with Crippen LogP contribution in [0.1, 0.15) is 43.7 Å². The second-order valence-electron chi connectivity index (χ2n) is 6.80. The fraction of sp³-hybridized carbons (Fsp3) is 0.444. The highest BCUT2D eigenvalue weighted by molar-refractivity contribution is 9.10. The second-order valence-corrected chi connectivity index (χ2v) is 7.60. The molecule has 0 aliphatic carbocycles. The van der Waals surface area contributed by atoms with Crippen LogP contribution >= 0.6 is 15.9 Å². The molecule has 1 aromatic heterocycles. The van der Waals surface area contributed by atoms with Gasteiger partial charge in [-0.05, 0) is 74.3 Å². The number of rotatable bonds is 3. The number of nitrogens with zero attached hydrogens (tertiary/aromatic N) is 1. The van der Waals surface area contributed by atoms with Gasteiger partial charge in [0.05, 0.1) is 10.9 Å². The Balaban J connectivity index is 2.32. The van der Waals surface area contributed by atoms with Crippen LogP contribution in [-0.4, -0.2) is 22.7 Å². The standard InChI is InChI=1S/C18H22BrNO3/c1-10-8-13-12(7-6-11(2)20-13)16(19)15(10)14(21)9-23-17(22)18(3,4)5/h6-8,14,21H,9H2,1-5H3/t14-/m0/s1. The third kappa shape index (κ3) is 3.90. The number of aryl methyl sites for hydroxylation is 2. The summed E-state index contributed by atoms with van der Waals surface area (Å²) in [5.74, 6) is -0.330. The average molecular weight is 380 g/mol. The highest BCUT2D eigenvalue weighted by Crippen LogP contribution is 2.34. The van der Waals surface area contributed by atoms with Gasteiger partial charge in [-0.25, -0.2) is 0 Å². The van der Waals surface area contributed by atoms with Crippen LogP contribution in [0.25, 0.3) is 10.9 Å². The molecule has 23 heavy (non-hydrogen) atoms. The Morgan fingerprint density at radius 1 is 1.35 bits per heavy atom. The van der Waals surface area contributed by atoms with Gasteiger partial charge in [-0.1, -0.05) is 0 Å². The minimum atomic E-state index is -0.888. The van der Waals surface area contributed by atoms with E-state index in [9.17, 15) is 9.90 Å². The van der Waals surface area contributed by atoms with Crippen LogP contribution in [0, 0.1) is 19.3 Å². The van der Waals surface area contributed by atoms with Gasteiger partial charge < -0.3 is 9.84 Å². The fourth-order valence-corrected chi connectivity index (χ4v) is 3.25. The summed E-state index contributed by atoms with van der Waals surface area (Å²) in [5, 5.41) is 11.4. The summed E-state index contributed by atoms with van der Waals surface area (Å²) < 4.78 is 6.03. The van der Waals surface area contributed by atoms with Crippen LogP contribution in [0.15, 0.2) is 22.7 Å². The lowest BCUT2D eigenvalue weighted by Crippen LogP contribution is -2.25. The van der Waals surface area contributed by atoms with Crippen LogP contribution in [-0.2, 0) is 9.53 Å². The fourth-order valence-electron chi connectivity index (χ4n) is 2.34. The molecule has 0 unspecified atom stereocenters. The van der Waals surface area contributed by atoms with E-state index < -0.39 is 11.5 Å². The second kappa shape index (κ2) is 6.57. The molecule has 0 aliphatic heterocycles. The van der Waals surface area contributed by atoms with Gasteiger partial charge in [0.25, 0.3) is 0 Å². The number of aliphatic hydroxyl groups is 1. The van der Waals surface area contributed by atoms with Gasteiger partial charge in [-0.3, -0.25) is 9.78 Å². The first-order valence-corrected chi connectivity index (χ1v) is 8.32. The van der Waals surface area contributed by atoms with Crippen molar-refractivity contribution in [2.75, 3.05) is 6.61 Å². The molecule has 0 aliphatic rings. The maximum absolute atomic E-state index is 11.9. The monoisotopic (exact) mass is 379 g/mol. The van der Waals surface area contributed by atoms with E-state index in [1.165, 1.54) is 0 Å². The first-order valence-electron chi connectivity index (χ1n) is 7.53. The first-order chi connectivity index (χ1) is 10.6. The smallest absolute Gasteiger partial charge is 0.311 e. The predicted molar refractivity (Wildman–Crippen MR) is 94.3 cm³/mol. The molecule has 1 N–H and O–H groups in total. The Labute approximate surface area is 145 Å². The van der Waals surface area contributed by atoms with Crippen molar-refractivity contribution >= 4 is 32.8 Å². The number of hydrogen-bond acceptors (Lipinski definition) is 4. The van der Waals surface area contributed by atoms with E-state index in [0.717, 1.165) is 32.2 Å². The third-order valence-corrected chi connectivity index (χ3v) is 4.49. The Morgan fingerprint density at radius 3 is 2.61 bits per heavy atom. The van der Waals surface area contributed by atoms with Gasteiger partial charge in [0.2, 0.25) is 0 Å². The van der Waals surface area contributed by atoms with Crippen molar-refractivity contribution in [1.29, 1.82) is 0 Å². The molecule has 0 radical (unpaired) electrons. The topological polar surface area (TPSA) is 59.4 Å². The molecule has 5 heteroatoms. The van der Waals surface area contributed by atoms with E-state index in [4.69, 9.17) is 4.74 Å². The lowest BCUT2D eigenvalue weighted by atomic mass is 9.97. The zero-order valence-corrected chi connectivity index (χ0v) is 15.7. The summed E-state index contributed by atoms with van der Waals surface area (Å²) in [6.45, 7) is 9.14. The number of ether oxygens (including phenoxy) is 1. The van der Waals surface area contributed by atoms with E-state index >= 15 is 0 Å². The van der Waals surface area contributed by atoms with E-state index in [-0.39, 0.29) is 12.6 Å². The van der Waals surface area contributed by atoms with E-state index in [2.05, 4.69) is 20.9 Å². The van der Waals surface area contributed by atoms with Gasteiger partial charge >= 0.3 is 5.97 Å². The molecule has 4 nitrogen and oxygen atoms in total. The van der Waals surface area contributed by atoms with Crippen molar-refractivity contribution in [3.8, 4) is 0 Å². The number of aliphatic hydroxyl groups excluding tert-OH is 1. The van der Waals surface area contributed by atoms with Crippen LogP contribution in [0.2, 0.25) is 0 Å². The normalized spacial score (nSPS) is 13.2. The van der Waals surface area contributed by atoms with Crippen LogP contribution < -0.4 is 0 Å². The summed E-state index contributed by atoms with van der Waals surface area (Å²) >= 11 is 3.56. The van der Waals surface area contributed by atoms with Gasteiger partial charge in [0, 0.05) is 21.1 Å². The van der Waals surface area contributed by atoms with Gasteiger partial charge in [-0.15, -0.1) is 0 Å². The number of carbonyl (C=O) groups is 1. The number of aromatic nitrogens is 1. The number of fused-ring (bicyclic) bond motifs is 1. The molecule has 1 heterocycles. The average Bonchev–Trinajstić information content (AvgIpc) is 2.43. The maximum Gasteiger partial charge on any atom is 0.311 e. The zero-order valence-electron chi connectivity index (χ0n) is 14.1. The van der Waals surface area contributed by atoms with Crippen molar-refractivity contribution in [3.63, 3.8) is 0 Å². The number of pyridine rings is 1. The highest BCUT2D eigenvalue weighted by atomic mass is 79.9. The van der Waals surface area contributed by atoms with Crippen molar-refractivity contribution in [3.05, 3.63) is 39.5 Å². The Hall–Kier alpha value is -1.46. The van der Waals surface area contributed by atoms with E-state index in [0.29, 0.717) is 0 Å². The van der Waals surface area contributed by atoms with Crippen molar-refractivity contribution in [2.45, 2.75) is 40.7 Å².